The van der Waals surface area contributed by atoms with Gasteiger partial charge in [-0.1, -0.05) is 23.2 Å². The van der Waals surface area contributed by atoms with Gasteiger partial charge < -0.3 is 15.0 Å². The van der Waals surface area contributed by atoms with Gasteiger partial charge in [0.2, 0.25) is 0 Å². The van der Waals surface area contributed by atoms with Crippen molar-refractivity contribution in [3.05, 3.63) is 29.8 Å². The van der Waals surface area contributed by atoms with Crippen LogP contribution in [0.5, 0.6) is 5.75 Å². The Morgan fingerprint density at radius 2 is 2.21 bits per heavy atom. The third-order valence-corrected chi connectivity index (χ3v) is 3.63. The van der Waals surface area contributed by atoms with Crippen LogP contribution in [-0.4, -0.2) is 11.8 Å². The maximum Gasteiger partial charge on any atom is 0.172 e. The number of anilines is 1. The first-order chi connectivity index (χ1) is 9.22. The number of aryl methyl sites for hydroxylation is 1. The summed E-state index contributed by atoms with van der Waals surface area (Å²) in [5.74, 6) is 2.59. The van der Waals surface area contributed by atoms with Crippen molar-refractivity contribution in [3.8, 4) is 17.1 Å². The highest BCUT2D eigenvalue weighted by molar-refractivity contribution is 5.68. The van der Waals surface area contributed by atoms with Gasteiger partial charge in [0.15, 0.2) is 11.6 Å². The van der Waals surface area contributed by atoms with E-state index in [0.717, 1.165) is 23.5 Å². The molecule has 1 aliphatic rings. The first-order valence-electron chi connectivity index (χ1n) is 6.68. The van der Waals surface area contributed by atoms with Crippen LogP contribution in [0.3, 0.4) is 0 Å². The summed E-state index contributed by atoms with van der Waals surface area (Å²) in [7, 11) is 0. The van der Waals surface area contributed by atoms with E-state index in [1.54, 1.807) is 6.07 Å². The molecule has 1 aromatic carbocycles. The fourth-order valence-electron chi connectivity index (χ4n) is 2.25. The third kappa shape index (κ3) is 2.57. The molecule has 2 aromatic rings. The largest absolute Gasteiger partial charge is 0.493 e. The molecule has 4 heteroatoms. The van der Waals surface area contributed by atoms with Gasteiger partial charge in [-0.05, 0) is 37.8 Å². The first kappa shape index (κ1) is 12.1. The van der Waals surface area contributed by atoms with Crippen LogP contribution in [0.1, 0.15) is 24.8 Å². The maximum absolute atomic E-state index is 5.93. The van der Waals surface area contributed by atoms with E-state index in [9.17, 15) is 0 Å². The molecule has 0 saturated heterocycles. The maximum atomic E-state index is 5.93. The molecule has 0 aliphatic heterocycles. The summed E-state index contributed by atoms with van der Waals surface area (Å²) in [6.45, 7) is 2.82. The monoisotopic (exact) mass is 258 g/mol. The first-order valence-corrected chi connectivity index (χ1v) is 6.68. The molecule has 0 amide bonds. The minimum Gasteiger partial charge on any atom is -0.493 e. The van der Waals surface area contributed by atoms with E-state index in [2.05, 4.69) is 5.16 Å². The number of aromatic nitrogens is 1. The van der Waals surface area contributed by atoms with Crippen molar-refractivity contribution in [1.29, 1.82) is 0 Å². The Bertz CT molecular complexity index is 573. The highest BCUT2D eigenvalue weighted by atomic mass is 16.5. The van der Waals surface area contributed by atoms with Crippen molar-refractivity contribution < 1.29 is 9.26 Å². The summed E-state index contributed by atoms with van der Waals surface area (Å²) in [5, 5.41) is 3.73. The Hall–Kier alpha value is -1.97. The van der Waals surface area contributed by atoms with E-state index in [1.165, 1.54) is 19.3 Å². The Balaban J connectivity index is 1.85. The van der Waals surface area contributed by atoms with Gasteiger partial charge in [0.1, 0.15) is 5.75 Å². The van der Waals surface area contributed by atoms with Crippen LogP contribution in [0.15, 0.2) is 28.8 Å². The summed E-state index contributed by atoms with van der Waals surface area (Å²) in [6, 6.07) is 7.79. The van der Waals surface area contributed by atoms with Crippen LogP contribution >= 0.6 is 0 Å². The predicted molar refractivity (Wildman–Crippen MR) is 73.9 cm³/mol. The molecule has 1 fully saturated rings. The summed E-state index contributed by atoms with van der Waals surface area (Å²) in [5.41, 5.74) is 7.68. The number of ether oxygens (including phenoxy) is 1. The molecule has 0 atom stereocenters. The number of hydrogen-bond acceptors (Lipinski definition) is 4. The standard InChI is InChI=1S/C15H18N2O2/c1-10-5-6-13(18-9-11-3-2-4-11)12(7-10)14-8-15(16)17-19-14/h5-8,11H,2-4,9H2,1H3,(H2,16,17). The molecular weight excluding hydrogens is 240 g/mol. The van der Waals surface area contributed by atoms with Crippen LogP contribution in [0.2, 0.25) is 0 Å². The normalized spacial score (nSPS) is 15.2. The Morgan fingerprint density at radius 1 is 1.37 bits per heavy atom. The smallest absolute Gasteiger partial charge is 0.172 e. The van der Waals surface area contributed by atoms with Gasteiger partial charge in [0, 0.05) is 6.07 Å². The zero-order chi connectivity index (χ0) is 13.2. The second kappa shape index (κ2) is 4.96. The predicted octanol–water partition coefficient (Wildman–Crippen LogP) is 3.41. The lowest BCUT2D eigenvalue weighted by atomic mass is 9.86. The summed E-state index contributed by atoms with van der Waals surface area (Å²) in [6.07, 6.45) is 3.88. The lowest BCUT2D eigenvalue weighted by molar-refractivity contribution is 0.181. The van der Waals surface area contributed by atoms with Crippen molar-refractivity contribution in [2.45, 2.75) is 26.2 Å². The summed E-state index contributed by atoms with van der Waals surface area (Å²) < 4.78 is 11.2. The molecule has 2 N–H and O–H groups in total. The van der Waals surface area contributed by atoms with Crippen molar-refractivity contribution in [2.24, 2.45) is 5.92 Å². The number of hydrogen-bond donors (Lipinski definition) is 1. The highest BCUT2D eigenvalue weighted by Crippen LogP contribution is 2.34. The van der Waals surface area contributed by atoms with Gasteiger partial charge in [-0.25, -0.2) is 0 Å². The average molecular weight is 258 g/mol. The van der Waals surface area contributed by atoms with E-state index in [-0.39, 0.29) is 0 Å². The van der Waals surface area contributed by atoms with Crippen molar-refractivity contribution in [1.82, 2.24) is 5.16 Å². The molecular formula is C15H18N2O2. The van der Waals surface area contributed by atoms with Gasteiger partial charge in [0.25, 0.3) is 0 Å². The fourth-order valence-corrected chi connectivity index (χ4v) is 2.25. The molecule has 0 bridgehead atoms. The molecule has 19 heavy (non-hydrogen) atoms. The molecule has 1 aromatic heterocycles. The van der Waals surface area contributed by atoms with Gasteiger partial charge in [-0.2, -0.15) is 0 Å². The molecule has 4 nitrogen and oxygen atoms in total. The van der Waals surface area contributed by atoms with Crippen molar-refractivity contribution >= 4 is 5.82 Å². The lowest BCUT2D eigenvalue weighted by Gasteiger charge is -2.25. The second-order valence-corrected chi connectivity index (χ2v) is 5.22. The highest BCUT2D eigenvalue weighted by Gasteiger charge is 2.19. The zero-order valence-corrected chi connectivity index (χ0v) is 11.1. The van der Waals surface area contributed by atoms with Crippen LogP contribution in [0.25, 0.3) is 11.3 Å². The van der Waals surface area contributed by atoms with E-state index < -0.39 is 0 Å². The van der Waals surface area contributed by atoms with Crippen LogP contribution in [0, 0.1) is 12.8 Å². The summed E-state index contributed by atoms with van der Waals surface area (Å²) in [4.78, 5) is 0. The SMILES string of the molecule is Cc1ccc(OCC2CCC2)c(-c2cc(N)no2)c1. The zero-order valence-electron chi connectivity index (χ0n) is 11.1. The second-order valence-electron chi connectivity index (χ2n) is 5.22. The van der Waals surface area contributed by atoms with Crippen LogP contribution in [0.4, 0.5) is 5.82 Å². The molecule has 0 spiro atoms. The number of nitrogen functional groups attached to an aromatic ring is 1. The number of nitrogens with zero attached hydrogens (tertiary/aromatic N) is 1. The van der Waals surface area contributed by atoms with E-state index in [1.807, 2.05) is 25.1 Å². The number of rotatable bonds is 4. The Kier molecular flexibility index (Phi) is 3.15. The van der Waals surface area contributed by atoms with Crippen molar-refractivity contribution in [2.75, 3.05) is 12.3 Å². The minimum atomic E-state index is 0.390. The van der Waals surface area contributed by atoms with E-state index >= 15 is 0 Å². The molecule has 3 rings (SSSR count). The fraction of sp³-hybridized carbons (Fsp3) is 0.400. The number of nitrogens with two attached hydrogens (primary N) is 1. The molecule has 1 saturated carbocycles. The van der Waals surface area contributed by atoms with Gasteiger partial charge in [0.05, 0.1) is 12.2 Å². The number of benzene rings is 1. The lowest BCUT2D eigenvalue weighted by Crippen LogP contribution is -2.19. The Labute approximate surface area is 112 Å². The van der Waals surface area contributed by atoms with Crippen LogP contribution < -0.4 is 10.5 Å². The quantitative estimate of drug-likeness (QED) is 0.912. The molecule has 1 heterocycles. The average Bonchev–Trinajstić information content (AvgIpc) is 2.75. The molecule has 0 unspecified atom stereocenters. The van der Waals surface area contributed by atoms with E-state index in [0.29, 0.717) is 17.5 Å². The molecule has 1 aliphatic carbocycles. The molecule has 100 valence electrons. The van der Waals surface area contributed by atoms with Crippen LogP contribution in [-0.2, 0) is 0 Å². The van der Waals surface area contributed by atoms with Crippen molar-refractivity contribution in [3.63, 3.8) is 0 Å². The van der Waals surface area contributed by atoms with Gasteiger partial charge in [-0.3, -0.25) is 0 Å². The van der Waals surface area contributed by atoms with Gasteiger partial charge >= 0.3 is 0 Å². The molecule has 0 radical (unpaired) electrons. The minimum absolute atomic E-state index is 0.390. The van der Waals surface area contributed by atoms with Gasteiger partial charge in [-0.15, -0.1) is 0 Å². The topological polar surface area (TPSA) is 61.3 Å². The van der Waals surface area contributed by atoms with E-state index in [4.69, 9.17) is 15.0 Å². The summed E-state index contributed by atoms with van der Waals surface area (Å²) >= 11 is 0. The third-order valence-electron chi connectivity index (χ3n) is 3.63. The Morgan fingerprint density at radius 3 is 2.84 bits per heavy atom.